The highest BCUT2D eigenvalue weighted by Gasteiger charge is 2.22. The van der Waals surface area contributed by atoms with Crippen LogP contribution < -0.4 is 14.4 Å². The van der Waals surface area contributed by atoms with E-state index in [1.165, 1.54) is 47.0 Å². The molecule has 188 valence electrons. The molecule has 3 aromatic carbocycles. The van der Waals surface area contributed by atoms with Crippen molar-refractivity contribution >= 4 is 49.1 Å². The second-order valence-electron chi connectivity index (χ2n) is 8.04. The van der Waals surface area contributed by atoms with Gasteiger partial charge in [0.15, 0.2) is 22.2 Å². The molecule has 0 aliphatic heterocycles. The molecule has 0 radical (unpaired) electrons. The third kappa shape index (κ3) is 4.93. The zero-order valence-electron chi connectivity index (χ0n) is 20.0. The molecule has 37 heavy (non-hydrogen) atoms. The molecule has 0 aliphatic carbocycles. The lowest BCUT2D eigenvalue weighted by atomic mass is 10.2. The van der Waals surface area contributed by atoms with Gasteiger partial charge in [-0.15, -0.1) is 11.3 Å². The van der Waals surface area contributed by atoms with E-state index in [9.17, 15) is 13.2 Å². The molecule has 0 aliphatic rings. The van der Waals surface area contributed by atoms with Crippen LogP contribution in [0.4, 0.5) is 10.8 Å². The Kier molecular flexibility index (Phi) is 6.68. The van der Waals surface area contributed by atoms with Gasteiger partial charge in [-0.1, -0.05) is 30.3 Å². The fourth-order valence-electron chi connectivity index (χ4n) is 3.76. The summed E-state index contributed by atoms with van der Waals surface area (Å²) in [6.07, 6.45) is 0. The number of para-hydroxylation sites is 2. The van der Waals surface area contributed by atoms with Gasteiger partial charge in [0, 0.05) is 23.4 Å². The number of anilines is 2. The van der Waals surface area contributed by atoms with Gasteiger partial charge in [-0.3, -0.25) is 14.4 Å². The Balaban J connectivity index is 1.30. The number of fused-ring (bicyclic) bond motifs is 1. The minimum absolute atomic E-state index is 0.0863. The monoisotopic (exact) mass is 533 g/mol. The molecule has 0 saturated heterocycles. The molecule has 1 N–H and O–H groups in total. The average molecular weight is 534 g/mol. The van der Waals surface area contributed by atoms with Crippen LogP contribution in [0.1, 0.15) is 17.3 Å². The summed E-state index contributed by atoms with van der Waals surface area (Å²) in [5.41, 5.74) is 2.08. The van der Waals surface area contributed by atoms with Crippen LogP contribution in [0.15, 0.2) is 93.6 Å². The van der Waals surface area contributed by atoms with Gasteiger partial charge in [-0.05, 0) is 55.5 Å². The lowest BCUT2D eigenvalue weighted by molar-refractivity contribution is 0.102. The van der Waals surface area contributed by atoms with Crippen LogP contribution in [0.3, 0.4) is 0 Å². The highest BCUT2D eigenvalue weighted by Crippen LogP contribution is 2.34. The number of sulfonamides is 1. The van der Waals surface area contributed by atoms with E-state index in [1.807, 2.05) is 37.3 Å². The van der Waals surface area contributed by atoms with Gasteiger partial charge in [-0.2, -0.15) is 0 Å². The van der Waals surface area contributed by atoms with E-state index in [4.69, 9.17) is 9.15 Å². The third-order valence-corrected chi connectivity index (χ3v) is 8.24. The fraction of sp³-hybridized carbons (Fsp3) is 0.111. The SMILES string of the molecule is CCOc1cccc2cc(-c3csc(NC(=O)c4ccc(S(=O)(=O)N(C)c5ccccc5)cc4)n3)oc12. The largest absolute Gasteiger partial charge is 0.490 e. The quantitative estimate of drug-likeness (QED) is 0.261. The van der Waals surface area contributed by atoms with E-state index in [0.717, 1.165) is 5.39 Å². The summed E-state index contributed by atoms with van der Waals surface area (Å²) in [5, 5.41) is 5.85. The number of amides is 1. The number of hydrogen-bond donors (Lipinski definition) is 1. The Labute approximate surface area is 218 Å². The number of aromatic nitrogens is 1. The maximum atomic E-state index is 13.0. The number of ether oxygens (including phenoxy) is 1. The molecule has 0 bridgehead atoms. The van der Waals surface area contributed by atoms with E-state index in [2.05, 4.69) is 10.3 Å². The standard InChI is InChI=1S/C27H23N3O5S2/c1-3-34-23-11-7-8-19-16-24(35-25(19)23)22-17-36-27(28-22)29-26(31)18-12-14-21(15-13-18)37(32,33)30(2)20-9-5-4-6-10-20/h4-17H,3H2,1-2H3,(H,28,29,31). The molecule has 2 heterocycles. The summed E-state index contributed by atoms with van der Waals surface area (Å²) < 4.78 is 38.7. The predicted molar refractivity (Wildman–Crippen MR) is 145 cm³/mol. The molecule has 0 spiro atoms. The van der Waals surface area contributed by atoms with Crippen molar-refractivity contribution in [2.75, 3.05) is 23.3 Å². The smallest absolute Gasteiger partial charge is 0.264 e. The van der Waals surface area contributed by atoms with Crippen molar-refractivity contribution in [1.29, 1.82) is 0 Å². The third-order valence-electron chi connectivity index (χ3n) is 5.68. The Hall–Kier alpha value is -4.15. The number of carbonyl (C=O) groups is 1. The number of thiazole rings is 1. The normalized spacial score (nSPS) is 11.4. The average Bonchev–Trinajstić information content (AvgIpc) is 3.56. The second-order valence-corrected chi connectivity index (χ2v) is 10.9. The van der Waals surface area contributed by atoms with E-state index in [-0.39, 0.29) is 4.90 Å². The van der Waals surface area contributed by atoms with Crippen molar-refractivity contribution in [2.45, 2.75) is 11.8 Å². The number of furan rings is 1. The molecule has 2 aromatic heterocycles. The van der Waals surface area contributed by atoms with E-state index in [1.54, 1.807) is 29.6 Å². The zero-order chi connectivity index (χ0) is 26.0. The highest BCUT2D eigenvalue weighted by atomic mass is 32.2. The molecule has 0 atom stereocenters. The van der Waals surface area contributed by atoms with Crippen LogP contribution >= 0.6 is 11.3 Å². The number of benzene rings is 3. The van der Waals surface area contributed by atoms with Crippen molar-refractivity contribution in [1.82, 2.24) is 4.98 Å². The van der Waals surface area contributed by atoms with Crippen LogP contribution in [0, 0.1) is 0 Å². The van der Waals surface area contributed by atoms with Crippen LogP contribution in [0.25, 0.3) is 22.4 Å². The molecular formula is C27H23N3O5S2. The molecule has 8 nitrogen and oxygen atoms in total. The van der Waals surface area contributed by atoms with Crippen molar-refractivity contribution < 1.29 is 22.4 Å². The lowest BCUT2D eigenvalue weighted by Gasteiger charge is -2.19. The maximum absolute atomic E-state index is 13.0. The fourth-order valence-corrected chi connectivity index (χ4v) is 5.65. The summed E-state index contributed by atoms with van der Waals surface area (Å²) in [6.45, 7) is 2.44. The minimum atomic E-state index is -3.77. The molecule has 1 amide bonds. The summed E-state index contributed by atoms with van der Waals surface area (Å²) >= 11 is 1.26. The zero-order valence-corrected chi connectivity index (χ0v) is 21.7. The van der Waals surface area contributed by atoms with Crippen molar-refractivity contribution in [3.8, 4) is 17.2 Å². The van der Waals surface area contributed by atoms with Crippen LogP contribution in [0.5, 0.6) is 5.75 Å². The lowest BCUT2D eigenvalue weighted by Crippen LogP contribution is -2.26. The molecule has 0 saturated carbocycles. The molecule has 10 heteroatoms. The van der Waals surface area contributed by atoms with Gasteiger partial charge < -0.3 is 9.15 Å². The Morgan fingerprint density at radius 3 is 2.54 bits per heavy atom. The number of hydrogen-bond acceptors (Lipinski definition) is 7. The van der Waals surface area contributed by atoms with Crippen LogP contribution in [-0.4, -0.2) is 33.0 Å². The van der Waals surface area contributed by atoms with E-state index < -0.39 is 15.9 Å². The first-order valence-electron chi connectivity index (χ1n) is 11.4. The second kappa shape index (κ2) is 10.1. The van der Waals surface area contributed by atoms with Gasteiger partial charge in [0.1, 0.15) is 5.69 Å². The van der Waals surface area contributed by atoms with E-state index in [0.29, 0.717) is 45.8 Å². The number of nitrogens with one attached hydrogen (secondary N) is 1. The predicted octanol–water partition coefficient (Wildman–Crippen LogP) is 6.03. The Morgan fingerprint density at radius 1 is 1.05 bits per heavy atom. The molecular weight excluding hydrogens is 510 g/mol. The first-order chi connectivity index (χ1) is 17.9. The van der Waals surface area contributed by atoms with Gasteiger partial charge in [0.2, 0.25) is 0 Å². The Bertz CT molecular complexity index is 1660. The molecule has 5 rings (SSSR count). The topological polar surface area (TPSA) is 102 Å². The van der Waals surface area contributed by atoms with Gasteiger partial charge in [-0.25, -0.2) is 13.4 Å². The van der Waals surface area contributed by atoms with Gasteiger partial charge in [0.25, 0.3) is 15.9 Å². The summed E-state index contributed by atoms with van der Waals surface area (Å²) in [6, 6.07) is 22.1. The van der Waals surface area contributed by atoms with Crippen LogP contribution in [0.2, 0.25) is 0 Å². The van der Waals surface area contributed by atoms with Gasteiger partial charge >= 0.3 is 0 Å². The maximum Gasteiger partial charge on any atom is 0.264 e. The summed E-state index contributed by atoms with van der Waals surface area (Å²) in [4.78, 5) is 17.4. The van der Waals surface area contributed by atoms with Crippen molar-refractivity contribution in [3.05, 3.63) is 89.8 Å². The van der Waals surface area contributed by atoms with Crippen molar-refractivity contribution in [2.24, 2.45) is 0 Å². The first-order valence-corrected chi connectivity index (χ1v) is 13.8. The van der Waals surface area contributed by atoms with Crippen LogP contribution in [-0.2, 0) is 10.0 Å². The molecule has 5 aromatic rings. The highest BCUT2D eigenvalue weighted by molar-refractivity contribution is 7.92. The molecule has 0 fully saturated rings. The number of rotatable bonds is 8. The molecule has 0 unspecified atom stereocenters. The first kappa shape index (κ1) is 24.5. The number of nitrogens with zero attached hydrogens (tertiary/aromatic N) is 2. The Morgan fingerprint density at radius 2 is 1.81 bits per heavy atom. The minimum Gasteiger partial charge on any atom is -0.490 e. The van der Waals surface area contributed by atoms with Crippen molar-refractivity contribution in [3.63, 3.8) is 0 Å². The van der Waals surface area contributed by atoms with Gasteiger partial charge in [0.05, 0.1) is 17.2 Å². The summed E-state index contributed by atoms with van der Waals surface area (Å²) in [7, 11) is -2.28. The van der Waals surface area contributed by atoms with E-state index >= 15 is 0 Å². The number of carbonyl (C=O) groups excluding carboxylic acids is 1. The summed E-state index contributed by atoms with van der Waals surface area (Å²) in [5.74, 6) is 0.830.